The molecule has 0 radical (unpaired) electrons. The molecule has 94 valence electrons. The van der Waals surface area contributed by atoms with Gasteiger partial charge in [-0.2, -0.15) is 0 Å². The summed E-state index contributed by atoms with van der Waals surface area (Å²) < 4.78 is 20.1. The predicted octanol–water partition coefficient (Wildman–Crippen LogP) is 5.43. The molecular formula is C14H11BrClFO. The fourth-order valence-electron chi connectivity index (χ4n) is 1.57. The van der Waals surface area contributed by atoms with Crippen LogP contribution in [0.15, 0.2) is 40.9 Å². The number of alkyl halides is 1. The third-order valence-corrected chi connectivity index (χ3v) is 3.40. The maximum absolute atomic E-state index is 13.5. The Hall–Kier alpha value is -1.06. The molecule has 0 bridgehead atoms. The lowest BCUT2D eigenvalue weighted by Gasteiger charge is -2.11. The van der Waals surface area contributed by atoms with E-state index < -0.39 is 0 Å². The van der Waals surface area contributed by atoms with E-state index in [0.717, 1.165) is 10.0 Å². The highest BCUT2D eigenvalue weighted by Crippen LogP contribution is 2.33. The highest BCUT2D eigenvalue weighted by molar-refractivity contribution is 9.10. The highest BCUT2D eigenvalue weighted by Gasteiger charge is 2.10. The van der Waals surface area contributed by atoms with Gasteiger partial charge in [0.25, 0.3) is 0 Å². The van der Waals surface area contributed by atoms with Crippen LogP contribution in [0.4, 0.5) is 4.39 Å². The molecule has 2 aromatic carbocycles. The van der Waals surface area contributed by atoms with Gasteiger partial charge in [-0.1, -0.05) is 12.1 Å². The van der Waals surface area contributed by atoms with Crippen molar-refractivity contribution in [3.8, 4) is 11.5 Å². The van der Waals surface area contributed by atoms with Gasteiger partial charge in [0.1, 0.15) is 17.3 Å². The third kappa shape index (κ3) is 2.85. The van der Waals surface area contributed by atoms with Gasteiger partial charge in [-0.25, -0.2) is 4.39 Å². The number of ether oxygens (including phenoxy) is 1. The largest absolute Gasteiger partial charge is 0.456 e. The van der Waals surface area contributed by atoms with Crippen LogP contribution in [0.5, 0.6) is 11.5 Å². The maximum Gasteiger partial charge on any atom is 0.141 e. The first-order valence-corrected chi connectivity index (χ1v) is 6.72. The lowest BCUT2D eigenvalue weighted by molar-refractivity contribution is 0.467. The molecule has 1 nitrogen and oxygen atoms in total. The van der Waals surface area contributed by atoms with E-state index >= 15 is 0 Å². The van der Waals surface area contributed by atoms with E-state index in [1.807, 2.05) is 25.1 Å². The molecule has 2 rings (SSSR count). The Morgan fingerprint density at radius 3 is 2.67 bits per heavy atom. The minimum Gasteiger partial charge on any atom is -0.456 e. The molecule has 0 aliphatic carbocycles. The van der Waals surface area contributed by atoms with Gasteiger partial charge in [0.2, 0.25) is 0 Å². The molecule has 2 aromatic rings. The first kappa shape index (κ1) is 13.4. The standard InChI is InChI=1S/C14H11BrClFO/c1-9-5-6-14(11(15)7-9)18-13-4-2-3-12(17)10(13)8-16/h2-7H,8H2,1H3. The summed E-state index contributed by atoms with van der Waals surface area (Å²) in [5.74, 6) is 0.795. The fraction of sp³-hybridized carbons (Fsp3) is 0.143. The average molecular weight is 330 g/mol. The summed E-state index contributed by atoms with van der Waals surface area (Å²) in [6.45, 7) is 1.99. The molecule has 0 amide bonds. The van der Waals surface area contributed by atoms with Crippen LogP contribution in [0.1, 0.15) is 11.1 Å². The van der Waals surface area contributed by atoms with E-state index in [-0.39, 0.29) is 11.7 Å². The van der Waals surface area contributed by atoms with Crippen molar-refractivity contribution in [1.29, 1.82) is 0 Å². The van der Waals surface area contributed by atoms with Gasteiger partial charge >= 0.3 is 0 Å². The molecule has 0 fully saturated rings. The molecule has 0 aliphatic heterocycles. The molecule has 0 heterocycles. The van der Waals surface area contributed by atoms with E-state index in [9.17, 15) is 4.39 Å². The van der Waals surface area contributed by atoms with Gasteiger partial charge in [-0.3, -0.25) is 0 Å². The smallest absolute Gasteiger partial charge is 0.141 e. The van der Waals surface area contributed by atoms with Gasteiger partial charge in [-0.05, 0) is 52.7 Å². The van der Waals surface area contributed by atoms with Crippen molar-refractivity contribution in [2.75, 3.05) is 0 Å². The van der Waals surface area contributed by atoms with Crippen molar-refractivity contribution in [2.45, 2.75) is 12.8 Å². The average Bonchev–Trinajstić information content (AvgIpc) is 2.33. The van der Waals surface area contributed by atoms with Crippen molar-refractivity contribution in [2.24, 2.45) is 0 Å². The Labute approximate surface area is 119 Å². The van der Waals surface area contributed by atoms with Crippen molar-refractivity contribution >= 4 is 27.5 Å². The maximum atomic E-state index is 13.5. The van der Waals surface area contributed by atoms with E-state index in [4.69, 9.17) is 16.3 Å². The second-order valence-corrected chi connectivity index (χ2v) is 5.01. The van der Waals surface area contributed by atoms with Crippen LogP contribution in [-0.4, -0.2) is 0 Å². The Balaban J connectivity index is 2.37. The van der Waals surface area contributed by atoms with Crippen LogP contribution in [-0.2, 0) is 5.88 Å². The molecule has 0 saturated carbocycles. The third-order valence-electron chi connectivity index (χ3n) is 2.52. The number of hydrogen-bond acceptors (Lipinski definition) is 1. The summed E-state index contributed by atoms with van der Waals surface area (Å²) >= 11 is 9.15. The number of rotatable bonds is 3. The van der Waals surface area contributed by atoms with E-state index in [0.29, 0.717) is 17.1 Å². The number of aryl methyl sites for hydroxylation is 1. The molecule has 0 aliphatic rings. The van der Waals surface area contributed by atoms with Crippen LogP contribution in [0.3, 0.4) is 0 Å². The molecule has 0 spiro atoms. The minimum absolute atomic E-state index is 0.0749. The highest BCUT2D eigenvalue weighted by atomic mass is 79.9. The predicted molar refractivity (Wildman–Crippen MR) is 74.9 cm³/mol. The van der Waals surface area contributed by atoms with Crippen LogP contribution in [0.25, 0.3) is 0 Å². The minimum atomic E-state index is -0.356. The van der Waals surface area contributed by atoms with Crippen LogP contribution >= 0.6 is 27.5 Å². The fourth-order valence-corrected chi connectivity index (χ4v) is 2.40. The Morgan fingerprint density at radius 2 is 2.00 bits per heavy atom. The monoisotopic (exact) mass is 328 g/mol. The van der Waals surface area contributed by atoms with Gasteiger partial charge in [-0.15, -0.1) is 11.6 Å². The first-order valence-electron chi connectivity index (χ1n) is 5.39. The second-order valence-electron chi connectivity index (χ2n) is 3.89. The first-order chi connectivity index (χ1) is 8.61. The summed E-state index contributed by atoms with van der Waals surface area (Å²) in [5.41, 5.74) is 1.48. The lowest BCUT2D eigenvalue weighted by atomic mass is 10.2. The zero-order valence-electron chi connectivity index (χ0n) is 9.71. The lowest BCUT2D eigenvalue weighted by Crippen LogP contribution is -1.94. The van der Waals surface area contributed by atoms with Crippen LogP contribution in [0.2, 0.25) is 0 Å². The van der Waals surface area contributed by atoms with Crippen LogP contribution in [0, 0.1) is 12.7 Å². The van der Waals surface area contributed by atoms with E-state index in [2.05, 4.69) is 15.9 Å². The number of benzene rings is 2. The Kier molecular flexibility index (Phi) is 4.25. The SMILES string of the molecule is Cc1ccc(Oc2cccc(F)c2CCl)c(Br)c1. The summed E-state index contributed by atoms with van der Waals surface area (Å²) in [5, 5.41) is 0. The normalized spacial score (nSPS) is 10.4. The quantitative estimate of drug-likeness (QED) is 0.682. The summed E-state index contributed by atoms with van der Waals surface area (Å²) in [7, 11) is 0. The molecule has 0 aromatic heterocycles. The van der Waals surface area contributed by atoms with Crippen molar-refractivity contribution in [3.63, 3.8) is 0 Å². The number of hydrogen-bond donors (Lipinski definition) is 0. The zero-order chi connectivity index (χ0) is 13.1. The molecule has 0 atom stereocenters. The Bertz CT molecular complexity index is 572. The Morgan fingerprint density at radius 1 is 1.22 bits per heavy atom. The molecule has 0 saturated heterocycles. The van der Waals surface area contributed by atoms with Gasteiger partial charge in [0.05, 0.1) is 10.4 Å². The number of halogens is 3. The molecule has 0 N–H and O–H groups in total. The summed E-state index contributed by atoms with van der Waals surface area (Å²) in [6, 6.07) is 10.4. The van der Waals surface area contributed by atoms with Gasteiger partial charge in [0, 0.05) is 5.56 Å². The van der Waals surface area contributed by atoms with Gasteiger partial charge < -0.3 is 4.74 Å². The van der Waals surface area contributed by atoms with E-state index in [1.54, 1.807) is 12.1 Å². The van der Waals surface area contributed by atoms with Crippen molar-refractivity contribution in [1.82, 2.24) is 0 Å². The molecule has 18 heavy (non-hydrogen) atoms. The van der Waals surface area contributed by atoms with E-state index in [1.165, 1.54) is 6.07 Å². The molecule has 4 heteroatoms. The summed E-state index contributed by atoms with van der Waals surface area (Å²) in [6.07, 6.45) is 0. The molecule has 0 unspecified atom stereocenters. The van der Waals surface area contributed by atoms with Crippen LogP contribution < -0.4 is 4.74 Å². The van der Waals surface area contributed by atoms with Crippen molar-refractivity contribution < 1.29 is 9.13 Å². The molecular weight excluding hydrogens is 319 g/mol. The topological polar surface area (TPSA) is 9.23 Å². The van der Waals surface area contributed by atoms with Gasteiger partial charge in [0.15, 0.2) is 0 Å². The second kappa shape index (κ2) is 5.72. The van der Waals surface area contributed by atoms with Crippen molar-refractivity contribution in [3.05, 3.63) is 57.8 Å². The summed E-state index contributed by atoms with van der Waals surface area (Å²) in [4.78, 5) is 0. The zero-order valence-corrected chi connectivity index (χ0v) is 12.1.